The number of benzene rings is 2. The van der Waals surface area contributed by atoms with Gasteiger partial charge in [0.1, 0.15) is 11.5 Å². The van der Waals surface area contributed by atoms with Gasteiger partial charge in [0.25, 0.3) is 0 Å². The van der Waals surface area contributed by atoms with Gasteiger partial charge in [0.2, 0.25) is 5.95 Å². The molecule has 31 heavy (non-hydrogen) atoms. The average Bonchev–Trinajstić information content (AvgIpc) is 3.48. The monoisotopic (exact) mass is 450 g/mol. The van der Waals surface area contributed by atoms with Crippen LogP contribution in [0.4, 0.5) is 5.95 Å². The number of anilines is 1. The molecule has 2 saturated heterocycles. The third-order valence-corrected chi connectivity index (χ3v) is 6.74. The van der Waals surface area contributed by atoms with E-state index in [4.69, 9.17) is 38.3 Å². The minimum Gasteiger partial charge on any atom is -0.335 e. The Hall–Kier alpha value is -2.67. The van der Waals surface area contributed by atoms with Crippen molar-refractivity contribution >= 4 is 34.8 Å². The van der Waals surface area contributed by atoms with Crippen molar-refractivity contribution in [1.82, 2.24) is 24.9 Å². The maximum absolute atomic E-state index is 6.60. The molecule has 8 heteroatoms. The normalized spacial score (nSPS) is 20.2. The van der Waals surface area contributed by atoms with Gasteiger partial charge >= 0.3 is 0 Å². The molecule has 0 aliphatic carbocycles. The third kappa shape index (κ3) is 3.09. The SMILES string of the molecule is Cc1nc(N2CC3CC2CN3)n2nc(-c3ccccc3Cl)c(-c3ccc(Cl)cc3)c2n1. The number of halogens is 2. The van der Waals surface area contributed by atoms with Crippen LogP contribution >= 0.6 is 23.2 Å². The van der Waals surface area contributed by atoms with Gasteiger partial charge in [-0.2, -0.15) is 14.6 Å². The summed E-state index contributed by atoms with van der Waals surface area (Å²) in [5, 5.41) is 9.92. The number of nitrogens with zero attached hydrogens (tertiary/aromatic N) is 5. The zero-order valence-electron chi connectivity index (χ0n) is 16.9. The Labute approximate surface area is 189 Å². The van der Waals surface area contributed by atoms with E-state index in [1.807, 2.05) is 60.0 Å². The maximum Gasteiger partial charge on any atom is 0.230 e. The van der Waals surface area contributed by atoms with Crippen molar-refractivity contribution in [1.29, 1.82) is 0 Å². The summed E-state index contributed by atoms with van der Waals surface area (Å²) in [6.45, 7) is 3.83. The van der Waals surface area contributed by atoms with E-state index < -0.39 is 0 Å². The molecule has 2 aliphatic rings. The second kappa shape index (κ2) is 7.19. The summed E-state index contributed by atoms with van der Waals surface area (Å²) in [4.78, 5) is 12.0. The summed E-state index contributed by atoms with van der Waals surface area (Å²) in [7, 11) is 0. The van der Waals surface area contributed by atoms with Crippen LogP contribution in [-0.2, 0) is 0 Å². The topological polar surface area (TPSA) is 58.4 Å². The van der Waals surface area contributed by atoms with Gasteiger partial charge in [0, 0.05) is 35.8 Å². The number of fused-ring (bicyclic) bond motifs is 3. The summed E-state index contributed by atoms with van der Waals surface area (Å²) >= 11 is 12.8. The molecule has 2 atom stereocenters. The molecule has 0 spiro atoms. The van der Waals surface area contributed by atoms with Gasteiger partial charge in [-0.25, -0.2) is 4.98 Å². The van der Waals surface area contributed by atoms with Crippen molar-refractivity contribution in [3.05, 3.63) is 64.4 Å². The minimum absolute atomic E-state index is 0.425. The van der Waals surface area contributed by atoms with Crippen molar-refractivity contribution in [3.63, 3.8) is 0 Å². The van der Waals surface area contributed by atoms with E-state index in [2.05, 4.69) is 10.2 Å². The molecule has 6 rings (SSSR count). The first kappa shape index (κ1) is 19.0. The summed E-state index contributed by atoms with van der Waals surface area (Å²) in [6, 6.07) is 16.5. The predicted octanol–water partition coefficient (Wildman–Crippen LogP) is 4.62. The summed E-state index contributed by atoms with van der Waals surface area (Å²) in [5.74, 6) is 1.56. The number of hydrogen-bond donors (Lipinski definition) is 1. The number of nitrogens with one attached hydrogen (secondary N) is 1. The van der Waals surface area contributed by atoms with Crippen molar-refractivity contribution in [2.75, 3.05) is 18.0 Å². The molecule has 4 heterocycles. The number of hydrogen-bond acceptors (Lipinski definition) is 5. The largest absolute Gasteiger partial charge is 0.335 e. The summed E-state index contributed by atoms with van der Waals surface area (Å²) in [6.07, 6.45) is 1.13. The average molecular weight is 451 g/mol. The fourth-order valence-corrected chi connectivity index (χ4v) is 5.09. The highest BCUT2D eigenvalue weighted by molar-refractivity contribution is 6.33. The lowest BCUT2D eigenvalue weighted by Gasteiger charge is -2.28. The Bertz CT molecular complexity index is 1300. The van der Waals surface area contributed by atoms with Crippen LogP contribution in [0.5, 0.6) is 0 Å². The standard InChI is InChI=1S/C23H20Cl2N6/c1-13-27-22-20(14-6-8-15(24)9-7-14)21(18-4-2-3-5-19(18)25)29-31(22)23(28-13)30-12-16-10-17(30)11-26-16/h2-9,16-17,26H,10-12H2,1H3. The van der Waals surface area contributed by atoms with Crippen LogP contribution < -0.4 is 10.2 Å². The molecule has 6 nitrogen and oxygen atoms in total. The highest BCUT2D eigenvalue weighted by Gasteiger charge is 2.40. The highest BCUT2D eigenvalue weighted by atomic mass is 35.5. The smallest absolute Gasteiger partial charge is 0.230 e. The van der Waals surface area contributed by atoms with Crippen LogP contribution in [0.25, 0.3) is 28.0 Å². The lowest BCUT2D eigenvalue weighted by atomic mass is 10.0. The Kier molecular flexibility index (Phi) is 4.42. The molecule has 2 bridgehead atoms. The Morgan fingerprint density at radius 2 is 1.84 bits per heavy atom. The maximum atomic E-state index is 6.60. The zero-order valence-corrected chi connectivity index (χ0v) is 18.4. The van der Waals surface area contributed by atoms with Gasteiger partial charge in [0.05, 0.1) is 10.6 Å². The van der Waals surface area contributed by atoms with E-state index in [-0.39, 0.29) is 0 Å². The van der Waals surface area contributed by atoms with Crippen LogP contribution in [0, 0.1) is 6.92 Å². The number of aryl methyl sites for hydroxylation is 1. The van der Waals surface area contributed by atoms with Crippen molar-refractivity contribution in [2.24, 2.45) is 0 Å². The lowest BCUT2D eigenvalue weighted by Crippen LogP contribution is -2.45. The number of piperazine rings is 1. The zero-order chi connectivity index (χ0) is 21.1. The van der Waals surface area contributed by atoms with Gasteiger partial charge in [-0.1, -0.05) is 53.5 Å². The number of rotatable bonds is 3. The molecule has 0 radical (unpaired) electrons. The fourth-order valence-electron chi connectivity index (χ4n) is 4.74. The highest BCUT2D eigenvalue weighted by Crippen LogP contribution is 2.39. The second-order valence-corrected chi connectivity index (χ2v) is 9.01. The fraction of sp³-hybridized carbons (Fsp3) is 0.261. The van der Waals surface area contributed by atoms with E-state index in [1.54, 1.807) is 0 Å². The summed E-state index contributed by atoms with van der Waals surface area (Å²) in [5.41, 5.74) is 4.35. The van der Waals surface area contributed by atoms with Gasteiger partial charge in [-0.3, -0.25) is 0 Å². The van der Waals surface area contributed by atoms with E-state index in [9.17, 15) is 0 Å². The Morgan fingerprint density at radius 3 is 2.55 bits per heavy atom. The van der Waals surface area contributed by atoms with E-state index >= 15 is 0 Å². The molecular formula is C23H20Cl2N6. The van der Waals surface area contributed by atoms with E-state index in [0.29, 0.717) is 22.1 Å². The Morgan fingerprint density at radius 1 is 1.03 bits per heavy atom. The molecule has 0 saturated carbocycles. The molecule has 2 aliphatic heterocycles. The molecule has 1 N–H and O–H groups in total. The van der Waals surface area contributed by atoms with Crippen LogP contribution in [0.3, 0.4) is 0 Å². The first-order chi connectivity index (χ1) is 15.1. The van der Waals surface area contributed by atoms with E-state index in [1.165, 1.54) is 0 Å². The van der Waals surface area contributed by atoms with Crippen molar-refractivity contribution in [2.45, 2.75) is 25.4 Å². The predicted molar refractivity (Wildman–Crippen MR) is 124 cm³/mol. The van der Waals surface area contributed by atoms with Crippen LogP contribution in [0.15, 0.2) is 48.5 Å². The van der Waals surface area contributed by atoms with Gasteiger partial charge in [-0.15, -0.1) is 0 Å². The molecule has 2 unspecified atom stereocenters. The number of aromatic nitrogens is 4. The molecule has 2 aromatic carbocycles. The van der Waals surface area contributed by atoms with Crippen LogP contribution in [0.1, 0.15) is 12.2 Å². The molecule has 2 fully saturated rings. The Balaban J connectivity index is 1.65. The van der Waals surface area contributed by atoms with E-state index in [0.717, 1.165) is 59.3 Å². The van der Waals surface area contributed by atoms with Crippen molar-refractivity contribution in [3.8, 4) is 22.4 Å². The molecule has 0 amide bonds. The molecular weight excluding hydrogens is 431 g/mol. The van der Waals surface area contributed by atoms with Gasteiger partial charge < -0.3 is 10.2 Å². The minimum atomic E-state index is 0.425. The molecule has 2 aromatic heterocycles. The van der Waals surface area contributed by atoms with Crippen LogP contribution in [-0.4, -0.2) is 44.8 Å². The molecule has 156 valence electrons. The second-order valence-electron chi connectivity index (χ2n) is 8.16. The first-order valence-corrected chi connectivity index (χ1v) is 11.1. The van der Waals surface area contributed by atoms with Gasteiger partial charge in [-0.05, 0) is 37.1 Å². The third-order valence-electron chi connectivity index (χ3n) is 6.16. The quantitative estimate of drug-likeness (QED) is 0.493. The first-order valence-electron chi connectivity index (χ1n) is 10.4. The summed E-state index contributed by atoms with van der Waals surface area (Å²) < 4.78 is 1.89. The van der Waals surface area contributed by atoms with Crippen molar-refractivity contribution < 1.29 is 0 Å². The van der Waals surface area contributed by atoms with Gasteiger partial charge in [0.15, 0.2) is 5.65 Å². The lowest BCUT2D eigenvalue weighted by molar-refractivity contribution is 0.565. The molecule has 4 aromatic rings. The van der Waals surface area contributed by atoms with Crippen LogP contribution in [0.2, 0.25) is 10.0 Å².